The third-order valence-electron chi connectivity index (χ3n) is 18.7. The van der Waals surface area contributed by atoms with E-state index >= 15 is 0 Å². The van der Waals surface area contributed by atoms with E-state index in [2.05, 4.69) is 34.6 Å². The summed E-state index contributed by atoms with van der Waals surface area (Å²) >= 11 is 0. The molecule has 10 aliphatic rings. The molecule has 0 aliphatic carbocycles. The Morgan fingerprint density at radius 3 is 0.688 bits per heavy atom. The van der Waals surface area contributed by atoms with Crippen molar-refractivity contribution in [1.82, 2.24) is 0 Å². The number of rotatable bonds is 0. The molecule has 0 aromatic carbocycles. The fourth-order valence-electron chi connectivity index (χ4n) is 22.1. The summed E-state index contributed by atoms with van der Waals surface area (Å²) in [6, 6.07) is 0. The Kier molecular flexibility index (Phi) is 0.152. The standard InChI is InChI=1S/C10H15.C5H5.Co/c1-6-7(2)9(4)10(5)8(6)3;1-2-4-5-3-1;/h1-5H3;1-5H;. The van der Waals surface area contributed by atoms with E-state index < -0.39 is 6.37 Å². The van der Waals surface area contributed by atoms with Crippen LogP contribution in [0.15, 0.2) is 0 Å². The number of hydrogen-bond donors (Lipinski definition) is 0. The molecule has 0 nitrogen and oxygen atoms in total. The minimum atomic E-state index is -3.02. The van der Waals surface area contributed by atoms with Gasteiger partial charge in [-0.3, -0.25) is 0 Å². The van der Waals surface area contributed by atoms with Crippen LogP contribution in [0, 0.1) is 0 Å². The number of hydrogen-bond acceptors (Lipinski definition) is 0. The Hall–Kier alpha value is 0.506. The van der Waals surface area contributed by atoms with E-state index in [4.69, 9.17) is 0 Å². The molecule has 10 rings (SSSR count). The molecular weight excluding hydrogens is 239 g/mol. The van der Waals surface area contributed by atoms with Gasteiger partial charge in [0.25, 0.3) is 0 Å². The molecule has 1 heteroatoms. The van der Waals surface area contributed by atoms with Gasteiger partial charge in [0, 0.05) is 0 Å². The van der Waals surface area contributed by atoms with Gasteiger partial charge in [0.1, 0.15) is 0 Å². The van der Waals surface area contributed by atoms with Gasteiger partial charge in [-0.1, -0.05) is 0 Å². The van der Waals surface area contributed by atoms with Gasteiger partial charge >= 0.3 is 87.0 Å². The Morgan fingerprint density at radius 2 is 0.688 bits per heavy atom. The molecular formula is C15H20Co. The molecule has 10 saturated heterocycles. The molecule has 0 atom stereocenters. The predicted molar refractivity (Wildman–Crippen MR) is 60.6 cm³/mol. The van der Waals surface area contributed by atoms with Crippen molar-refractivity contribution < 1.29 is 6.37 Å². The summed E-state index contributed by atoms with van der Waals surface area (Å²) in [5.41, 5.74) is 0. The first-order valence-electron chi connectivity index (χ1n) is 7.21. The van der Waals surface area contributed by atoms with Crippen molar-refractivity contribution in [1.29, 1.82) is 0 Å². The zero-order valence-corrected chi connectivity index (χ0v) is 11.8. The molecule has 89 valence electrons. The Labute approximate surface area is 87.1 Å². The SMILES string of the molecule is C[C]12[C]3(C)[C]4(C)[C]5(C)[C]1(C)[Co]23451678[CH]2[CH]1[CH]6[CH]7[CH]28. The molecule has 0 amide bonds. The Balaban J connectivity index is 2.02. The van der Waals surface area contributed by atoms with Crippen LogP contribution in [-0.2, 0) is 6.37 Å². The van der Waals surface area contributed by atoms with Gasteiger partial charge in [-0.15, -0.1) is 0 Å². The summed E-state index contributed by atoms with van der Waals surface area (Å²) in [4.78, 5) is 7.12. The predicted octanol–water partition coefficient (Wildman–Crippen LogP) is 5.33. The van der Waals surface area contributed by atoms with E-state index in [1.54, 1.807) is 0 Å². The van der Waals surface area contributed by atoms with Gasteiger partial charge in [-0.2, -0.15) is 0 Å². The van der Waals surface area contributed by atoms with Crippen LogP contribution in [0.1, 0.15) is 34.6 Å². The molecule has 16 heavy (non-hydrogen) atoms. The summed E-state index contributed by atoms with van der Waals surface area (Å²) in [5.74, 6) is 0. The van der Waals surface area contributed by atoms with Crippen LogP contribution in [0.25, 0.3) is 0 Å². The van der Waals surface area contributed by atoms with Gasteiger partial charge in [-0.25, -0.2) is 0 Å². The van der Waals surface area contributed by atoms with Crippen LogP contribution in [0.4, 0.5) is 0 Å². The van der Waals surface area contributed by atoms with Crippen molar-refractivity contribution in [3.63, 3.8) is 0 Å². The molecule has 10 fully saturated rings. The first-order chi connectivity index (χ1) is 7.12. The fraction of sp³-hybridized carbons (Fsp3) is 1.00. The van der Waals surface area contributed by atoms with Crippen LogP contribution >= 0.6 is 0 Å². The number of fused-ring (bicyclic) bond motifs is 10. The normalized spacial score (nSPS) is 145. The van der Waals surface area contributed by atoms with E-state index in [0.717, 1.165) is 21.7 Å². The average Bonchev–Trinajstić information content (AvgIpc) is 3.19. The molecule has 10 aliphatic heterocycles. The van der Waals surface area contributed by atoms with E-state index in [-0.39, 0.29) is 0 Å². The van der Waals surface area contributed by atoms with Crippen LogP contribution in [0.2, 0.25) is 46.0 Å². The summed E-state index contributed by atoms with van der Waals surface area (Å²) in [7, 11) is 0. The second-order valence-electron chi connectivity index (χ2n) is 11.2. The van der Waals surface area contributed by atoms with E-state index in [9.17, 15) is 0 Å². The quantitative estimate of drug-likeness (QED) is 0.552. The maximum atomic E-state index is 2.84. The molecule has 10 heterocycles. The van der Waals surface area contributed by atoms with E-state index in [1.165, 1.54) is 24.3 Å². The average molecular weight is 259 g/mol. The van der Waals surface area contributed by atoms with Gasteiger partial charge in [0.15, 0.2) is 0 Å². The second-order valence-corrected chi connectivity index (χ2v) is 33.5. The van der Waals surface area contributed by atoms with Crippen molar-refractivity contribution in [3.8, 4) is 0 Å². The molecule has 0 N–H and O–H groups in total. The van der Waals surface area contributed by atoms with Crippen molar-refractivity contribution in [2.24, 2.45) is 0 Å². The first kappa shape index (κ1) is 6.10. The fourth-order valence-corrected chi connectivity index (χ4v) is 103. The van der Waals surface area contributed by atoms with E-state index in [0.29, 0.717) is 0 Å². The van der Waals surface area contributed by atoms with Crippen LogP contribution in [0.3, 0.4) is 0 Å². The van der Waals surface area contributed by atoms with E-state index in [1.807, 2.05) is 0 Å². The first-order valence-corrected chi connectivity index (χ1v) is 12.8. The molecule has 0 bridgehead atoms. The van der Waals surface area contributed by atoms with Crippen molar-refractivity contribution in [2.45, 2.75) is 80.6 Å². The third-order valence-corrected chi connectivity index (χ3v) is 66.4. The maximum absolute atomic E-state index is 3.02. The Morgan fingerprint density at radius 1 is 0.500 bits per heavy atom. The molecule has 0 aromatic heterocycles. The zero-order chi connectivity index (χ0) is 10.7. The van der Waals surface area contributed by atoms with Crippen molar-refractivity contribution in [3.05, 3.63) is 0 Å². The summed E-state index contributed by atoms with van der Waals surface area (Å²) < 4.78 is 4.94. The molecule has 0 radical (unpaired) electrons. The second kappa shape index (κ2) is 0.398. The molecule has 0 aromatic rings. The van der Waals surface area contributed by atoms with Crippen LogP contribution < -0.4 is 0 Å². The summed E-state index contributed by atoms with van der Waals surface area (Å²) in [6.07, 6.45) is -3.02. The van der Waals surface area contributed by atoms with Crippen molar-refractivity contribution >= 4 is 0 Å². The molecule has 0 unspecified atom stereocenters. The van der Waals surface area contributed by atoms with Gasteiger partial charge in [-0.05, 0) is 0 Å². The molecule has 0 saturated carbocycles. The van der Waals surface area contributed by atoms with Gasteiger partial charge in [0.2, 0.25) is 0 Å². The van der Waals surface area contributed by atoms with Gasteiger partial charge in [0.05, 0.1) is 0 Å². The summed E-state index contributed by atoms with van der Waals surface area (Å²) in [6.45, 7) is 14.2. The third kappa shape index (κ3) is 0.0362. The van der Waals surface area contributed by atoms with Gasteiger partial charge < -0.3 is 0 Å². The molecule has 1 spiro atoms. The zero-order valence-electron chi connectivity index (χ0n) is 10.7. The van der Waals surface area contributed by atoms with Crippen LogP contribution in [0.5, 0.6) is 0 Å². The topological polar surface area (TPSA) is 0 Å². The van der Waals surface area contributed by atoms with Crippen LogP contribution in [-0.4, -0.2) is 0 Å². The monoisotopic (exact) mass is 259 g/mol. The Bertz CT molecular complexity index is 857. The summed E-state index contributed by atoms with van der Waals surface area (Å²) in [5, 5.41) is 0. The van der Waals surface area contributed by atoms with Crippen molar-refractivity contribution in [2.75, 3.05) is 0 Å². The minimum absolute atomic E-state index is 0.987.